The molecule has 1 aliphatic carbocycles. The van der Waals surface area contributed by atoms with Gasteiger partial charge in [-0.05, 0) is 50.3 Å². The number of hydrogen-bond acceptors (Lipinski definition) is 7. The smallest absolute Gasteiger partial charge is 0.275 e. The second-order valence-corrected chi connectivity index (χ2v) is 8.58. The third-order valence-corrected chi connectivity index (χ3v) is 5.82. The van der Waals surface area contributed by atoms with E-state index in [1.807, 2.05) is 6.92 Å². The van der Waals surface area contributed by atoms with Crippen molar-refractivity contribution in [2.45, 2.75) is 31.7 Å². The van der Waals surface area contributed by atoms with Gasteiger partial charge in [-0.25, -0.2) is 14.4 Å². The van der Waals surface area contributed by atoms with Crippen molar-refractivity contribution in [2.75, 3.05) is 17.7 Å². The van der Waals surface area contributed by atoms with Gasteiger partial charge >= 0.3 is 0 Å². The number of carbonyl (C=O) groups is 1. The molecule has 0 unspecified atom stereocenters. The van der Waals surface area contributed by atoms with Gasteiger partial charge in [-0.3, -0.25) is 9.79 Å². The number of ether oxygens (including phenoxy) is 1. The first-order chi connectivity index (χ1) is 13.9. The highest BCUT2D eigenvalue weighted by molar-refractivity contribution is 8.13. The molecule has 1 aromatic heterocycles. The normalized spacial score (nSPS) is 21.4. The Morgan fingerprint density at radius 3 is 2.90 bits per heavy atom. The van der Waals surface area contributed by atoms with E-state index in [9.17, 15) is 9.18 Å². The van der Waals surface area contributed by atoms with Crippen molar-refractivity contribution in [2.24, 2.45) is 16.6 Å². The van der Waals surface area contributed by atoms with E-state index in [-0.39, 0.29) is 11.5 Å². The minimum atomic E-state index is -0.763. The summed E-state index contributed by atoms with van der Waals surface area (Å²) >= 11 is 1.45. The zero-order chi connectivity index (χ0) is 20.4. The van der Waals surface area contributed by atoms with Crippen molar-refractivity contribution in [3.8, 4) is 5.88 Å². The van der Waals surface area contributed by atoms with Crippen LogP contribution in [-0.2, 0) is 5.54 Å². The molecule has 0 radical (unpaired) electrons. The number of aromatic nitrogens is 2. The quantitative estimate of drug-likeness (QED) is 0.750. The summed E-state index contributed by atoms with van der Waals surface area (Å²) in [7, 11) is 0. The maximum Gasteiger partial charge on any atom is 0.275 e. The van der Waals surface area contributed by atoms with E-state index < -0.39 is 11.4 Å². The fourth-order valence-corrected chi connectivity index (χ4v) is 4.06. The molecule has 9 heteroatoms. The number of amidine groups is 1. The molecule has 1 aromatic carbocycles. The number of nitrogens with two attached hydrogens (primary N) is 1. The number of carbonyl (C=O) groups excluding carboxylic acids is 1. The van der Waals surface area contributed by atoms with Gasteiger partial charge in [0, 0.05) is 17.0 Å². The summed E-state index contributed by atoms with van der Waals surface area (Å²) in [6, 6.07) is 4.43. The van der Waals surface area contributed by atoms with Crippen molar-refractivity contribution < 1.29 is 13.9 Å². The van der Waals surface area contributed by atoms with E-state index in [1.165, 1.54) is 49.1 Å². The molecule has 1 fully saturated rings. The summed E-state index contributed by atoms with van der Waals surface area (Å²) in [6.07, 6.45) is 5.82. The standard InChI is InChI=1S/C20H22FN5O2S/c1-20(6-7-29-19(22)26-20)14-8-13(4-5-15(14)21)25-18(27)16-9-24-17(10-23-16)28-11-12-2-3-12/h4-5,8-10,12H,2-3,6-7,11H2,1H3,(H2,22,26)(H,25,27)/t20-/m0/s1. The molecule has 0 saturated heterocycles. The van der Waals surface area contributed by atoms with E-state index in [2.05, 4.69) is 20.3 Å². The molecule has 1 amide bonds. The molecular formula is C20H22FN5O2S. The molecule has 2 aliphatic rings. The molecule has 4 rings (SSSR count). The Hall–Kier alpha value is -2.68. The van der Waals surface area contributed by atoms with Gasteiger partial charge in [-0.15, -0.1) is 0 Å². The summed E-state index contributed by atoms with van der Waals surface area (Å²) in [4.78, 5) is 25.2. The van der Waals surface area contributed by atoms with Crippen LogP contribution in [0.15, 0.2) is 35.6 Å². The number of halogens is 1. The van der Waals surface area contributed by atoms with Crippen molar-refractivity contribution in [1.29, 1.82) is 0 Å². The van der Waals surface area contributed by atoms with Crippen LogP contribution in [0.25, 0.3) is 0 Å². The van der Waals surface area contributed by atoms with Gasteiger partial charge in [0.05, 0.1) is 24.5 Å². The van der Waals surface area contributed by atoms with Gasteiger partial charge in [0.1, 0.15) is 11.5 Å². The fourth-order valence-electron chi connectivity index (χ4n) is 3.09. The SMILES string of the molecule is C[C@@]1(c2cc(NC(=O)c3cnc(OCC4CC4)cn3)ccc2F)CCSC(N)=N1. The largest absolute Gasteiger partial charge is 0.476 e. The van der Waals surface area contributed by atoms with Gasteiger partial charge in [-0.1, -0.05) is 11.8 Å². The van der Waals surface area contributed by atoms with Crippen molar-refractivity contribution in [1.82, 2.24) is 9.97 Å². The lowest BCUT2D eigenvalue weighted by Crippen LogP contribution is -2.29. The molecule has 1 atom stereocenters. The number of benzene rings is 1. The Bertz CT molecular complexity index is 948. The van der Waals surface area contributed by atoms with Crippen molar-refractivity contribution in [3.63, 3.8) is 0 Å². The first kappa shape index (κ1) is 19.6. The molecule has 152 valence electrons. The van der Waals surface area contributed by atoms with Crippen LogP contribution in [-0.4, -0.2) is 33.4 Å². The molecule has 0 spiro atoms. The van der Waals surface area contributed by atoms with Crippen molar-refractivity contribution >= 4 is 28.5 Å². The Kier molecular flexibility index (Phi) is 5.40. The van der Waals surface area contributed by atoms with Crippen LogP contribution in [0.3, 0.4) is 0 Å². The van der Waals surface area contributed by atoms with Gasteiger partial charge in [-0.2, -0.15) is 0 Å². The summed E-state index contributed by atoms with van der Waals surface area (Å²) in [5.41, 5.74) is 6.08. The zero-order valence-corrected chi connectivity index (χ0v) is 16.8. The number of aliphatic imine (C=N–C) groups is 1. The Morgan fingerprint density at radius 1 is 1.38 bits per heavy atom. The average Bonchev–Trinajstić information content (AvgIpc) is 3.52. The number of anilines is 1. The lowest BCUT2D eigenvalue weighted by molar-refractivity contribution is 0.102. The monoisotopic (exact) mass is 415 g/mol. The van der Waals surface area contributed by atoms with Crippen LogP contribution in [0.4, 0.5) is 10.1 Å². The van der Waals surface area contributed by atoms with Crippen LogP contribution in [0.2, 0.25) is 0 Å². The number of hydrogen-bond donors (Lipinski definition) is 2. The van der Waals surface area contributed by atoms with Crippen LogP contribution in [0.1, 0.15) is 42.2 Å². The molecule has 2 heterocycles. The van der Waals surface area contributed by atoms with Crippen LogP contribution < -0.4 is 15.8 Å². The van der Waals surface area contributed by atoms with Gasteiger partial charge < -0.3 is 15.8 Å². The van der Waals surface area contributed by atoms with E-state index in [0.717, 1.165) is 5.75 Å². The number of rotatable bonds is 6. The van der Waals surface area contributed by atoms with E-state index >= 15 is 0 Å². The molecule has 0 bridgehead atoms. The molecular weight excluding hydrogens is 393 g/mol. The highest BCUT2D eigenvalue weighted by Crippen LogP contribution is 2.37. The minimum Gasteiger partial charge on any atom is -0.476 e. The molecule has 1 aliphatic heterocycles. The Morgan fingerprint density at radius 2 is 2.21 bits per heavy atom. The van der Waals surface area contributed by atoms with Crippen LogP contribution in [0, 0.1) is 11.7 Å². The number of nitrogens with zero attached hydrogens (tertiary/aromatic N) is 3. The summed E-state index contributed by atoms with van der Waals surface area (Å²) in [5, 5.41) is 3.18. The molecule has 7 nitrogen and oxygen atoms in total. The fraction of sp³-hybridized carbons (Fsp3) is 0.400. The Balaban J connectivity index is 1.47. The van der Waals surface area contributed by atoms with Crippen LogP contribution >= 0.6 is 11.8 Å². The maximum atomic E-state index is 14.5. The third kappa shape index (κ3) is 4.67. The van der Waals surface area contributed by atoms with E-state index in [1.54, 1.807) is 6.07 Å². The van der Waals surface area contributed by atoms with E-state index in [0.29, 0.717) is 41.2 Å². The predicted molar refractivity (Wildman–Crippen MR) is 111 cm³/mol. The summed E-state index contributed by atoms with van der Waals surface area (Å²) in [5.74, 6) is 0.946. The molecule has 3 N–H and O–H groups in total. The second kappa shape index (κ2) is 7.98. The number of nitrogens with one attached hydrogen (secondary N) is 1. The highest BCUT2D eigenvalue weighted by atomic mass is 32.2. The average molecular weight is 415 g/mol. The lowest BCUT2D eigenvalue weighted by atomic mass is 9.89. The predicted octanol–water partition coefficient (Wildman–Crippen LogP) is 3.32. The lowest BCUT2D eigenvalue weighted by Gasteiger charge is -2.30. The Labute approximate surface area is 172 Å². The number of amides is 1. The first-order valence-electron chi connectivity index (χ1n) is 9.47. The second-order valence-electron chi connectivity index (χ2n) is 7.47. The zero-order valence-electron chi connectivity index (χ0n) is 16.0. The maximum absolute atomic E-state index is 14.5. The van der Waals surface area contributed by atoms with E-state index in [4.69, 9.17) is 10.5 Å². The van der Waals surface area contributed by atoms with Gasteiger partial charge in [0.15, 0.2) is 5.17 Å². The first-order valence-corrected chi connectivity index (χ1v) is 10.5. The summed E-state index contributed by atoms with van der Waals surface area (Å²) in [6.45, 7) is 2.47. The van der Waals surface area contributed by atoms with Crippen LogP contribution in [0.5, 0.6) is 5.88 Å². The highest BCUT2D eigenvalue weighted by Gasteiger charge is 2.32. The van der Waals surface area contributed by atoms with Gasteiger partial charge in [0.25, 0.3) is 5.91 Å². The molecule has 1 saturated carbocycles. The molecule has 2 aromatic rings. The summed E-state index contributed by atoms with van der Waals surface area (Å²) < 4.78 is 20.0. The molecule has 29 heavy (non-hydrogen) atoms. The number of thioether (sulfide) groups is 1. The minimum absolute atomic E-state index is 0.150. The van der Waals surface area contributed by atoms with Crippen molar-refractivity contribution in [3.05, 3.63) is 47.7 Å². The van der Waals surface area contributed by atoms with Gasteiger partial charge in [0.2, 0.25) is 5.88 Å². The third-order valence-electron chi connectivity index (χ3n) is 5.02. The topological polar surface area (TPSA) is 102 Å².